The third-order valence-electron chi connectivity index (χ3n) is 4.82. The molecule has 1 saturated heterocycles. The second kappa shape index (κ2) is 9.56. The van der Waals surface area contributed by atoms with E-state index in [-0.39, 0.29) is 12.1 Å². The third kappa shape index (κ3) is 4.77. The van der Waals surface area contributed by atoms with Crippen molar-refractivity contribution in [1.82, 2.24) is 25.1 Å². The van der Waals surface area contributed by atoms with Gasteiger partial charge in [0.2, 0.25) is 0 Å². The van der Waals surface area contributed by atoms with Crippen LogP contribution in [-0.2, 0) is 11.3 Å². The van der Waals surface area contributed by atoms with Gasteiger partial charge in [-0.25, -0.2) is 23.4 Å². The van der Waals surface area contributed by atoms with Crippen molar-refractivity contribution in [2.24, 2.45) is 0 Å². The number of aromatic nitrogens is 4. The van der Waals surface area contributed by atoms with Gasteiger partial charge in [-0.1, -0.05) is 18.7 Å². The van der Waals surface area contributed by atoms with Gasteiger partial charge in [0.05, 0.1) is 36.9 Å². The van der Waals surface area contributed by atoms with Gasteiger partial charge >= 0.3 is 0 Å². The van der Waals surface area contributed by atoms with E-state index in [1.54, 1.807) is 22.6 Å². The van der Waals surface area contributed by atoms with Crippen LogP contribution in [0.3, 0.4) is 0 Å². The highest BCUT2D eigenvalue weighted by atomic mass is 32.2. The number of anilines is 1. The van der Waals surface area contributed by atoms with E-state index >= 15 is 0 Å². The summed E-state index contributed by atoms with van der Waals surface area (Å²) in [6, 6.07) is 2.86. The molecular formula is C20H22F2N6O2S. The molecule has 2 aromatic heterocycles. The van der Waals surface area contributed by atoms with E-state index in [1.807, 2.05) is 6.92 Å². The van der Waals surface area contributed by atoms with Gasteiger partial charge in [0.15, 0.2) is 10.8 Å². The second-order valence-electron chi connectivity index (χ2n) is 6.85. The van der Waals surface area contributed by atoms with E-state index in [4.69, 9.17) is 9.72 Å². The van der Waals surface area contributed by atoms with Gasteiger partial charge < -0.3 is 15.0 Å². The van der Waals surface area contributed by atoms with Gasteiger partial charge in [-0.3, -0.25) is 4.79 Å². The Morgan fingerprint density at radius 2 is 2.06 bits per heavy atom. The fourth-order valence-corrected chi connectivity index (χ4v) is 3.90. The lowest BCUT2D eigenvalue weighted by molar-refractivity contribution is 0.0948. The summed E-state index contributed by atoms with van der Waals surface area (Å²) in [5.74, 6) is -0.575. The van der Waals surface area contributed by atoms with Gasteiger partial charge in [0, 0.05) is 25.7 Å². The van der Waals surface area contributed by atoms with Crippen molar-refractivity contribution in [2.45, 2.75) is 18.6 Å². The van der Waals surface area contributed by atoms with E-state index in [2.05, 4.69) is 20.3 Å². The molecule has 31 heavy (non-hydrogen) atoms. The van der Waals surface area contributed by atoms with Crippen molar-refractivity contribution in [3.8, 4) is 0 Å². The molecule has 0 aliphatic carbocycles. The average Bonchev–Trinajstić information content (AvgIpc) is 3.17. The number of benzene rings is 1. The van der Waals surface area contributed by atoms with Crippen LogP contribution in [0.2, 0.25) is 0 Å². The summed E-state index contributed by atoms with van der Waals surface area (Å²) in [5.41, 5.74) is 0.472. The molecule has 3 aromatic rings. The number of carbonyl (C=O) groups is 1. The number of morpholine rings is 1. The van der Waals surface area contributed by atoms with Gasteiger partial charge in [0.25, 0.3) is 5.91 Å². The van der Waals surface area contributed by atoms with Crippen LogP contribution < -0.4 is 10.2 Å². The van der Waals surface area contributed by atoms with Crippen molar-refractivity contribution in [2.75, 3.05) is 43.5 Å². The van der Waals surface area contributed by atoms with Gasteiger partial charge in [-0.2, -0.15) is 5.10 Å². The summed E-state index contributed by atoms with van der Waals surface area (Å²) < 4.78 is 34.0. The Bertz CT molecular complexity index is 1090. The topological polar surface area (TPSA) is 85.2 Å². The predicted molar refractivity (Wildman–Crippen MR) is 113 cm³/mol. The number of hydrogen-bond donors (Lipinski definition) is 1. The minimum atomic E-state index is -0.897. The molecule has 1 aromatic carbocycles. The largest absolute Gasteiger partial charge is 0.378 e. The van der Waals surface area contributed by atoms with Gasteiger partial charge in [0.1, 0.15) is 17.5 Å². The van der Waals surface area contributed by atoms with Gasteiger partial charge in [-0.15, -0.1) is 0 Å². The van der Waals surface area contributed by atoms with E-state index in [1.165, 1.54) is 0 Å². The average molecular weight is 448 g/mol. The molecule has 1 amide bonds. The van der Waals surface area contributed by atoms with Crippen molar-refractivity contribution >= 4 is 34.5 Å². The molecule has 11 heteroatoms. The summed E-state index contributed by atoms with van der Waals surface area (Å²) >= 11 is 1.55. The first kappa shape index (κ1) is 21.4. The zero-order valence-corrected chi connectivity index (χ0v) is 17.8. The minimum absolute atomic E-state index is 0.203. The number of carbonyl (C=O) groups excluding carboxylic acids is 1. The normalized spacial score (nSPS) is 14.2. The summed E-state index contributed by atoms with van der Waals surface area (Å²) in [6.07, 6.45) is 1.72. The first-order valence-electron chi connectivity index (χ1n) is 9.99. The summed E-state index contributed by atoms with van der Waals surface area (Å²) in [5, 5.41) is 8.56. The summed E-state index contributed by atoms with van der Waals surface area (Å²) in [4.78, 5) is 23.7. The fraction of sp³-hybridized carbons (Fsp3) is 0.400. The Kier molecular flexibility index (Phi) is 6.62. The Morgan fingerprint density at radius 3 is 2.81 bits per heavy atom. The highest BCUT2D eigenvalue weighted by Crippen LogP contribution is 2.27. The number of rotatable bonds is 7. The highest BCUT2D eigenvalue weighted by Gasteiger charge is 2.20. The molecule has 4 rings (SSSR count). The van der Waals surface area contributed by atoms with E-state index in [9.17, 15) is 13.6 Å². The Hall–Kier alpha value is -2.79. The van der Waals surface area contributed by atoms with Crippen molar-refractivity contribution in [1.29, 1.82) is 0 Å². The van der Waals surface area contributed by atoms with Crippen molar-refractivity contribution in [3.05, 3.63) is 41.6 Å². The van der Waals surface area contributed by atoms with E-state index in [0.717, 1.165) is 42.2 Å². The van der Waals surface area contributed by atoms with Crippen LogP contribution in [0.25, 0.3) is 11.0 Å². The maximum absolute atomic E-state index is 13.8. The first-order chi connectivity index (χ1) is 15.1. The van der Waals surface area contributed by atoms with Crippen LogP contribution in [0.4, 0.5) is 14.6 Å². The number of fused-ring (bicyclic) bond motifs is 1. The minimum Gasteiger partial charge on any atom is -0.378 e. The zero-order chi connectivity index (χ0) is 21.8. The standard InChI is InChI=1S/C20H22F2N6O2S/c1-2-31-20-25-17(27-7-9-30-10-8-27)15-12-24-28(18(15)26-20)6-5-23-19(29)14-4-3-13(21)11-16(14)22/h3-4,11-12H,2,5-10H2,1H3,(H,23,29). The van der Waals surface area contributed by atoms with Crippen LogP contribution in [0.15, 0.2) is 29.6 Å². The molecule has 3 heterocycles. The van der Waals surface area contributed by atoms with Crippen LogP contribution >= 0.6 is 11.8 Å². The predicted octanol–water partition coefficient (Wildman–Crippen LogP) is 2.48. The van der Waals surface area contributed by atoms with Crippen LogP contribution in [0.1, 0.15) is 17.3 Å². The second-order valence-corrected chi connectivity index (χ2v) is 8.08. The van der Waals surface area contributed by atoms with Crippen molar-refractivity contribution in [3.63, 3.8) is 0 Å². The number of nitrogens with one attached hydrogen (secondary N) is 1. The smallest absolute Gasteiger partial charge is 0.254 e. The lowest BCUT2D eigenvalue weighted by atomic mass is 10.2. The molecule has 0 radical (unpaired) electrons. The van der Waals surface area contributed by atoms with Crippen LogP contribution in [-0.4, -0.2) is 64.3 Å². The quantitative estimate of drug-likeness (QED) is 0.439. The maximum Gasteiger partial charge on any atom is 0.254 e. The van der Waals surface area contributed by atoms with E-state index in [0.29, 0.717) is 36.6 Å². The van der Waals surface area contributed by atoms with E-state index < -0.39 is 17.5 Å². The third-order valence-corrected chi connectivity index (χ3v) is 5.55. The fourth-order valence-electron chi connectivity index (χ4n) is 3.34. The first-order valence-corrected chi connectivity index (χ1v) is 11.0. The monoisotopic (exact) mass is 448 g/mol. The number of halogens is 2. The molecule has 1 aliphatic heterocycles. The number of thioether (sulfide) groups is 1. The Balaban J connectivity index is 1.52. The van der Waals surface area contributed by atoms with Gasteiger partial charge in [-0.05, 0) is 17.9 Å². The number of nitrogens with zero attached hydrogens (tertiary/aromatic N) is 5. The summed E-state index contributed by atoms with van der Waals surface area (Å²) in [7, 11) is 0. The molecule has 0 atom stereocenters. The number of amides is 1. The molecule has 8 nitrogen and oxygen atoms in total. The lowest BCUT2D eigenvalue weighted by Gasteiger charge is -2.28. The lowest BCUT2D eigenvalue weighted by Crippen LogP contribution is -2.37. The Morgan fingerprint density at radius 1 is 1.26 bits per heavy atom. The molecular weight excluding hydrogens is 426 g/mol. The number of hydrogen-bond acceptors (Lipinski definition) is 7. The molecule has 0 spiro atoms. The molecule has 1 aliphatic rings. The summed E-state index contributed by atoms with van der Waals surface area (Å²) in [6.45, 7) is 5.35. The molecule has 0 bridgehead atoms. The molecule has 164 valence electrons. The zero-order valence-electron chi connectivity index (χ0n) is 17.0. The molecule has 0 unspecified atom stereocenters. The highest BCUT2D eigenvalue weighted by molar-refractivity contribution is 7.99. The SMILES string of the molecule is CCSc1nc(N2CCOCC2)c2cnn(CCNC(=O)c3ccc(F)cc3F)c2n1. The van der Waals surface area contributed by atoms with Crippen molar-refractivity contribution < 1.29 is 18.3 Å². The number of ether oxygens (including phenoxy) is 1. The molecule has 1 N–H and O–H groups in total. The van der Waals surface area contributed by atoms with Crippen LogP contribution in [0.5, 0.6) is 0 Å². The Labute approximate surface area is 182 Å². The maximum atomic E-state index is 13.8. The molecule has 0 saturated carbocycles. The molecule has 1 fully saturated rings. The van der Waals surface area contributed by atoms with Crippen LogP contribution in [0, 0.1) is 11.6 Å².